The van der Waals surface area contributed by atoms with Gasteiger partial charge in [-0.05, 0) is 24.3 Å². The van der Waals surface area contributed by atoms with Gasteiger partial charge in [-0.1, -0.05) is 12.1 Å². The van der Waals surface area contributed by atoms with Crippen molar-refractivity contribution in [3.05, 3.63) is 63.7 Å². The Hall–Kier alpha value is -3.03. The van der Waals surface area contributed by atoms with Gasteiger partial charge in [-0.2, -0.15) is 0 Å². The Kier molecular flexibility index (Phi) is 3.79. The van der Waals surface area contributed by atoms with Crippen LogP contribution in [0.2, 0.25) is 0 Å². The quantitative estimate of drug-likeness (QED) is 0.516. The zero-order valence-electron chi connectivity index (χ0n) is 10.5. The molecule has 2 aromatic rings. The Labute approximate surface area is 117 Å². The van der Waals surface area contributed by atoms with Crippen molar-refractivity contribution in [2.45, 2.75) is 0 Å². The van der Waals surface area contributed by atoms with Crippen LogP contribution < -0.4 is 11.1 Å². The highest BCUT2D eigenvalue weighted by atomic mass is 19.2. The fourth-order valence-corrected chi connectivity index (χ4v) is 1.74. The number of anilines is 2. The number of carbonyl (C=O) groups excluding carboxylic acids is 1. The third kappa shape index (κ3) is 2.78. The number of nitro groups is 1. The molecule has 0 aliphatic carbocycles. The molecule has 3 N–H and O–H groups in total. The number of nitrogens with one attached hydrogen (secondary N) is 1. The molecule has 0 heterocycles. The second-order valence-electron chi connectivity index (χ2n) is 4.06. The molecule has 21 heavy (non-hydrogen) atoms. The van der Waals surface area contributed by atoms with Crippen LogP contribution in [0.5, 0.6) is 0 Å². The van der Waals surface area contributed by atoms with Gasteiger partial charge >= 0.3 is 5.69 Å². The first-order valence-electron chi connectivity index (χ1n) is 5.70. The van der Waals surface area contributed by atoms with E-state index in [1.54, 1.807) is 0 Å². The minimum absolute atomic E-state index is 0.202. The summed E-state index contributed by atoms with van der Waals surface area (Å²) in [7, 11) is 0. The summed E-state index contributed by atoms with van der Waals surface area (Å²) in [6.07, 6.45) is 0. The Morgan fingerprint density at radius 2 is 1.86 bits per heavy atom. The maximum Gasteiger partial charge on any atom is 0.304 e. The van der Waals surface area contributed by atoms with Gasteiger partial charge in [0.25, 0.3) is 5.91 Å². The first-order chi connectivity index (χ1) is 9.91. The first kappa shape index (κ1) is 14.4. The van der Waals surface area contributed by atoms with Crippen LogP contribution in [0.3, 0.4) is 0 Å². The summed E-state index contributed by atoms with van der Waals surface area (Å²) < 4.78 is 26.5. The summed E-state index contributed by atoms with van der Waals surface area (Å²) in [6.45, 7) is 0. The number of hydrogen-bond acceptors (Lipinski definition) is 4. The lowest BCUT2D eigenvalue weighted by molar-refractivity contribution is -0.384. The number of hydrogen-bond donors (Lipinski definition) is 2. The molecule has 2 aromatic carbocycles. The van der Waals surface area contributed by atoms with Gasteiger partial charge in [0.2, 0.25) is 0 Å². The molecule has 2 rings (SSSR count). The number of benzene rings is 2. The maximum absolute atomic E-state index is 13.5. The Morgan fingerprint density at radius 3 is 2.52 bits per heavy atom. The Morgan fingerprint density at radius 1 is 1.19 bits per heavy atom. The molecule has 0 radical (unpaired) electrons. The Bertz CT molecular complexity index is 735. The summed E-state index contributed by atoms with van der Waals surface area (Å²) in [4.78, 5) is 22.1. The highest BCUT2D eigenvalue weighted by Gasteiger charge is 2.24. The molecule has 1 amide bonds. The van der Waals surface area contributed by atoms with Crippen molar-refractivity contribution in [1.82, 2.24) is 0 Å². The van der Waals surface area contributed by atoms with Crippen LogP contribution >= 0.6 is 0 Å². The topological polar surface area (TPSA) is 98.3 Å². The summed E-state index contributed by atoms with van der Waals surface area (Å²) in [5.41, 5.74) is 3.90. The minimum Gasteiger partial charge on any atom is -0.393 e. The van der Waals surface area contributed by atoms with Crippen molar-refractivity contribution in [2.24, 2.45) is 0 Å². The fraction of sp³-hybridized carbons (Fsp3) is 0. The van der Waals surface area contributed by atoms with Gasteiger partial charge in [0.05, 0.1) is 10.6 Å². The predicted octanol–water partition coefficient (Wildman–Crippen LogP) is 2.71. The van der Waals surface area contributed by atoms with Gasteiger partial charge in [-0.25, -0.2) is 8.78 Å². The minimum atomic E-state index is -1.25. The lowest BCUT2D eigenvalue weighted by Crippen LogP contribution is -2.16. The number of rotatable bonds is 3. The van der Waals surface area contributed by atoms with E-state index in [1.807, 2.05) is 0 Å². The smallest absolute Gasteiger partial charge is 0.304 e. The SMILES string of the molecule is Nc1cccc(C(=O)Nc2cccc(F)c2F)c1[N+](=O)[O-]. The Balaban J connectivity index is 2.40. The van der Waals surface area contributed by atoms with E-state index in [4.69, 9.17) is 5.73 Å². The van der Waals surface area contributed by atoms with Crippen molar-refractivity contribution in [3.63, 3.8) is 0 Å². The van der Waals surface area contributed by atoms with Gasteiger partial charge < -0.3 is 11.1 Å². The summed E-state index contributed by atoms with van der Waals surface area (Å²) >= 11 is 0. The fourth-order valence-electron chi connectivity index (χ4n) is 1.74. The van der Waals surface area contributed by atoms with E-state index in [9.17, 15) is 23.7 Å². The maximum atomic E-state index is 13.5. The van der Waals surface area contributed by atoms with Crippen molar-refractivity contribution in [2.75, 3.05) is 11.1 Å². The largest absolute Gasteiger partial charge is 0.393 e. The number of nitrogens with two attached hydrogens (primary N) is 1. The number of halogens is 2. The standard InChI is InChI=1S/C13H9F2N3O3/c14-8-4-2-6-10(11(8)15)17-13(19)7-3-1-5-9(16)12(7)18(20)21/h1-6H,16H2,(H,17,19). The number of carbonyl (C=O) groups is 1. The summed E-state index contributed by atoms with van der Waals surface area (Å²) in [5, 5.41) is 13.0. The molecule has 0 fully saturated rings. The molecule has 0 aliphatic rings. The van der Waals surface area contributed by atoms with Crippen LogP contribution in [0, 0.1) is 21.7 Å². The first-order valence-corrected chi connectivity index (χ1v) is 5.70. The molecule has 6 nitrogen and oxygen atoms in total. The van der Waals surface area contributed by atoms with Crippen LogP contribution in [0.1, 0.15) is 10.4 Å². The molecule has 0 aromatic heterocycles. The molecule has 0 saturated carbocycles. The molecular weight excluding hydrogens is 284 g/mol. The number of nitro benzene ring substituents is 1. The van der Waals surface area contributed by atoms with Crippen molar-refractivity contribution in [3.8, 4) is 0 Å². The highest BCUT2D eigenvalue weighted by Crippen LogP contribution is 2.27. The van der Waals surface area contributed by atoms with Crippen molar-refractivity contribution < 1.29 is 18.5 Å². The average Bonchev–Trinajstić information content (AvgIpc) is 2.43. The zero-order chi connectivity index (χ0) is 15.6. The second-order valence-corrected chi connectivity index (χ2v) is 4.06. The average molecular weight is 293 g/mol. The summed E-state index contributed by atoms with van der Waals surface area (Å²) in [5.74, 6) is -3.36. The van der Waals surface area contributed by atoms with Crippen LogP contribution in [0.15, 0.2) is 36.4 Å². The molecule has 0 saturated heterocycles. The molecule has 0 bridgehead atoms. The molecule has 108 valence electrons. The molecule has 8 heteroatoms. The van der Waals surface area contributed by atoms with E-state index in [1.165, 1.54) is 24.3 Å². The predicted molar refractivity (Wildman–Crippen MR) is 71.8 cm³/mol. The number of nitrogen functional groups attached to an aromatic ring is 1. The molecule has 0 atom stereocenters. The number of para-hydroxylation sites is 1. The van der Waals surface area contributed by atoms with Gasteiger partial charge in [0.1, 0.15) is 11.3 Å². The van der Waals surface area contributed by atoms with Gasteiger partial charge in [0, 0.05) is 0 Å². The van der Waals surface area contributed by atoms with Crippen LogP contribution in [0.25, 0.3) is 0 Å². The lowest BCUT2D eigenvalue weighted by atomic mass is 10.1. The van der Waals surface area contributed by atoms with E-state index in [0.717, 1.165) is 12.1 Å². The van der Waals surface area contributed by atoms with E-state index >= 15 is 0 Å². The second kappa shape index (κ2) is 5.53. The number of amides is 1. The zero-order valence-corrected chi connectivity index (χ0v) is 10.5. The third-order valence-electron chi connectivity index (χ3n) is 2.69. The monoisotopic (exact) mass is 293 g/mol. The van der Waals surface area contributed by atoms with E-state index in [0.29, 0.717) is 0 Å². The molecule has 0 aliphatic heterocycles. The normalized spacial score (nSPS) is 10.2. The van der Waals surface area contributed by atoms with Crippen LogP contribution in [-0.4, -0.2) is 10.8 Å². The lowest BCUT2D eigenvalue weighted by Gasteiger charge is -2.08. The van der Waals surface area contributed by atoms with Gasteiger partial charge in [-0.3, -0.25) is 14.9 Å². The van der Waals surface area contributed by atoms with E-state index in [2.05, 4.69) is 5.32 Å². The van der Waals surface area contributed by atoms with E-state index in [-0.39, 0.29) is 11.3 Å². The van der Waals surface area contributed by atoms with Gasteiger partial charge in [-0.15, -0.1) is 0 Å². The highest BCUT2D eigenvalue weighted by molar-refractivity contribution is 6.08. The van der Waals surface area contributed by atoms with Crippen LogP contribution in [-0.2, 0) is 0 Å². The van der Waals surface area contributed by atoms with Gasteiger partial charge in [0.15, 0.2) is 11.6 Å². The summed E-state index contributed by atoms with van der Waals surface area (Å²) in [6, 6.07) is 6.99. The number of nitrogens with zero attached hydrogens (tertiary/aromatic N) is 1. The van der Waals surface area contributed by atoms with Crippen molar-refractivity contribution >= 4 is 23.0 Å². The molecular formula is C13H9F2N3O3. The van der Waals surface area contributed by atoms with Crippen LogP contribution in [0.4, 0.5) is 25.8 Å². The van der Waals surface area contributed by atoms with Crippen molar-refractivity contribution in [1.29, 1.82) is 0 Å². The molecule has 0 spiro atoms. The molecule has 0 unspecified atom stereocenters. The van der Waals surface area contributed by atoms with E-state index < -0.39 is 33.8 Å². The third-order valence-corrected chi connectivity index (χ3v) is 2.69.